The maximum Gasteiger partial charge on any atom is 0.0267 e. The Labute approximate surface area is 76.4 Å². The molecule has 0 fully saturated rings. The minimum absolute atomic E-state index is 0.508. The van der Waals surface area contributed by atoms with Crippen molar-refractivity contribution in [1.82, 2.24) is 10.6 Å². The Morgan fingerprint density at radius 2 is 1.00 bits per heavy atom. The molecule has 0 radical (unpaired) electrons. The molecule has 0 bridgehead atoms. The Morgan fingerprint density at radius 3 is 1.17 bits per heavy atom. The van der Waals surface area contributed by atoms with Gasteiger partial charge in [-0.1, -0.05) is 0 Å². The highest BCUT2D eigenvalue weighted by Gasteiger charge is 1.99. The molecule has 0 saturated heterocycles. The third-order valence-electron chi connectivity index (χ3n) is 1.57. The number of nitrogens with one attached hydrogen (secondary N) is 2. The molecule has 0 atom stereocenters. The van der Waals surface area contributed by atoms with Crippen molar-refractivity contribution in [2.24, 2.45) is 0 Å². The molecule has 2 nitrogen and oxygen atoms in total. The van der Waals surface area contributed by atoms with Gasteiger partial charge in [0.15, 0.2) is 0 Å². The maximum absolute atomic E-state index is 3.36. The first-order valence-electron chi connectivity index (χ1n) is 4.64. The molecule has 0 aromatic rings. The van der Waals surface area contributed by atoms with Crippen LogP contribution in [0.15, 0.2) is 11.4 Å². The van der Waals surface area contributed by atoms with Crippen molar-refractivity contribution < 1.29 is 0 Å². The SMILES string of the molecule is C/C(NC(C)C)=C(\C)NC(C)C. The minimum Gasteiger partial charge on any atom is -0.385 e. The van der Waals surface area contributed by atoms with E-state index >= 15 is 0 Å². The van der Waals surface area contributed by atoms with Crippen LogP contribution in [-0.2, 0) is 0 Å². The molecule has 0 aliphatic carbocycles. The summed E-state index contributed by atoms with van der Waals surface area (Å²) in [6, 6.07) is 1.02. The molecular formula is C10H22N2. The predicted octanol–water partition coefficient (Wildman–Crippen LogP) is 2.23. The van der Waals surface area contributed by atoms with Gasteiger partial charge < -0.3 is 10.6 Å². The van der Waals surface area contributed by atoms with Gasteiger partial charge in [-0.05, 0) is 41.5 Å². The molecule has 0 rings (SSSR count). The van der Waals surface area contributed by atoms with Gasteiger partial charge in [0.1, 0.15) is 0 Å². The second kappa shape index (κ2) is 5.07. The zero-order chi connectivity index (χ0) is 9.72. The van der Waals surface area contributed by atoms with Crippen LogP contribution in [0.5, 0.6) is 0 Å². The Kier molecular flexibility index (Phi) is 4.79. The van der Waals surface area contributed by atoms with Crippen LogP contribution in [0.2, 0.25) is 0 Å². The van der Waals surface area contributed by atoms with Crippen LogP contribution < -0.4 is 10.6 Å². The molecule has 0 aliphatic heterocycles. The zero-order valence-corrected chi connectivity index (χ0v) is 9.15. The van der Waals surface area contributed by atoms with E-state index in [-0.39, 0.29) is 0 Å². The number of rotatable bonds is 4. The summed E-state index contributed by atoms with van der Waals surface area (Å²) in [5.74, 6) is 0. The van der Waals surface area contributed by atoms with Gasteiger partial charge in [0.25, 0.3) is 0 Å². The molecule has 0 saturated carbocycles. The van der Waals surface area contributed by atoms with E-state index < -0.39 is 0 Å². The van der Waals surface area contributed by atoms with E-state index in [9.17, 15) is 0 Å². The quantitative estimate of drug-likeness (QED) is 0.676. The number of hydrogen-bond acceptors (Lipinski definition) is 2. The lowest BCUT2D eigenvalue weighted by Gasteiger charge is -2.17. The molecule has 72 valence electrons. The van der Waals surface area contributed by atoms with Crippen molar-refractivity contribution in [1.29, 1.82) is 0 Å². The molecule has 0 aromatic heterocycles. The predicted molar refractivity (Wildman–Crippen MR) is 54.9 cm³/mol. The first-order valence-corrected chi connectivity index (χ1v) is 4.64. The maximum atomic E-state index is 3.36. The van der Waals surface area contributed by atoms with Crippen LogP contribution in [0.25, 0.3) is 0 Å². The average Bonchev–Trinajstić information content (AvgIpc) is 1.84. The van der Waals surface area contributed by atoms with Gasteiger partial charge in [0.2, 0.25) is 0 Å². The monoisotopic (exact) mass is 170 g/mol. The average molecular weight is 170 g/mol. The van der Waals surface area contributed by atoms with E-state index in [1.54, 1.807) is 0 Å². The summed E-state index contributed by atoms with van der Waals surface area (Å²) in [5.41, 5.74) is 2.47. The lowest BCUT2D eigenvalue weighted by molar-refractivity contribution is 0.619. The molecule has 12 heavy (non-hydrogen) atoms. The lowest BCUT2D eigenvalue weighted by atomic mass is 10.3. The summed E-state index contributed by atoms with van der Waals surface area (Å²) in [6.45, 7) is 12.8. The Hall–Kier alpha value is -0.660. The molecule has 2 N–H and O–H groups in total. The van der Waals surface area contributed by atoms with Crippen LogP contribution in [0.4, 0.5) is 0 Å². The van der Waals surface area contributed by atoms with Gasteiger partial charge >= 0.3 is 0 Å². The van der Waals surface area contributed by atoms with E-state index in [4.69, 9.17) is 0 Å². The minimum atomic E-state index is 0.508. The highest BCUT2D eigenvalue weighted by Crippen LogP contribution is 1.98. The van der Waals surface area contributed by atoms with Crippen molar-refractivity contribution in [3.63, 3.8) is 0 Å². The van der Waals surface area contributed by atoms with Crippen molar-refractivity contribution in [2.45, 2.75) is 53.6 Å². The second-order valence-corrected chi connectivity index (χ2v) is 3.85. The molecule has 0 unspecified atom stereocenters. The van der Waals surface area contributed by atoms with E-state index in [1.807, 2.05) is 0 Å². The largest absolute Gasteiger partial charge is 0.385 e. The summed E-state index contributed by atoms with van der Waals surface area (Å²) >= 11 is 0. The highest BCUT2D eigenvalue weighted by atomic mass is 15.0. The summed E-state index contributed by atoms with van der Waals surface area (Å²) in [7, 11) is 0. The lowest BCUT2D eigenvalue weighted by Crippen LogP contribution is -2.27. The van der Waals surface area contributed by atoms with Crippen LogP contribution in [0.1, 0.15) is 41.5 Å². The van der Waals surface area contributed by atoms with E-state index in [0.29, 0.717) is 12.1 Å². The summed E-state index contributed by atoms with van der Waals surface area (Å²) < 4.78 is 0. The van der Waals surface area contributed by atoms with E-state index in [1.165, 1.54) is 11.4 Å². The molecule has 0 spiro atoms. The smallest absolute Gasteiger partial charge is 0.0267 e. The van der Waals surface area contributed by atoms with Crippen LogP contribution >= 0.6 is 0 Å². The fourth-order valence-corrected chi connectivity index (χ4v) is 1.08. The van der Waals surface area contributed by atoms with Gasteiger partial charge in [-0.3, -0.25) is 0 Å². The number of hydrogen-bond donors (Lipinski definition) is 2. The van der Waals surface area contributed by atoms with Crippen LogP contribution in [-0.4, -0.2) is 12.1 Å². The van der Waals surface area contributed by atoms with Gasteiger partial charge in [-0.25, -0.2) is 0 Å². The summed E-state index contributed by atoms with van der Waals surface area (Å²) in [5, 5.41) is 6.73. The first kappa shape index (κ1) is 11.3. The normalized spacial score (nSPS) is 13.3. The second-order valence-electron chi connectivity index (χ2n) is 3.85. The van der Waals surface area contributed by atoms with Crippen molar-refractivity contribution in [3.05, 3.63) is 11.4 Å². The third kappa shape index (κ3) is 5.05. The summed E-state index contributed by atoms with van der Waals surface area (Å²) in [6.07, 6.45) is 0. The van der Waals surface area contributed by atoms with E-state index in [0.717, 1.165) is 0 Å². The summed E-state index contributed by atoms with van der Waals surface area (Å²) in [4.78, 5) is 0. The van der Waals surface area contributed by atoms with Crippen molar-refractivity contribution in [2.75, 3.05) is 0 Å². The Bertz CT molecular complexity index is 139. The molecular weight excluding hydrogens is 148 g/mol. The van der Waals surface area contributed by atoms with Crippen LogP contribution in [0, 0.1) is 0 Å². The van der Waals surface area contributed by atoms with Crippen LogP contribution in [0.3, 0.4) is 0 Å². The topological polar surface area (TPSA) is 24.1 Å². The highest BCUT2D eigenvalue weighted by molar-refractivity contribution is 5.06. The molecule has 0 aliphatic rings. The Morgan fingerprint density at radius 1 is 0.750 bits per heavy atom. The molecule has 0 aromatic carbocycles. The standard InChI is InChI=1S/C10H22N2/c1-7(2)11-9(5)10(6)12-8(3)4/h7-8,11-12H,1-6H3/b10-9-. The molecule has 2 heteroatoms. The van der Waals surface area contributed by atoms with Gasteiger partial charge in [0, 0.05) is 23.5 Å². The molecule has 0 heterocycles. The third-order valence-corrected chi connectivity index (χ3v) is 1.57. The zero-order valence-electron chi connectivity index (χ0n) is 9.15. The van der Waals surface area contributed by atoms with Gasteiger partial charge in [0.05, 0.1) is 0 Å². The fraction of sp³-hybridized carbons (Fsp3) is 0.800. The first-order chi connectivity index (χ1) is 5.43. The number of allylic oxidation sites excluding steroid dienone is 2. The molecule has 0 amide bonds. The fourth-order valence-electron chi connectivity index (χ4n) is 1.08. The van der Waals surface area contributed by atoms with Gasteiger partial charge in [-0.2, -0.15) is 0 Å². The van der Waals surface area contributed by atoms with Crippen molar-refractivity contribution in [3.8, 4) is 0 Å². The van der Waals surface area contributed by atoms with E-state index in [2.05, 4.69) is 52.2 Å². The van der Waals surface area contributed by atoms with Gasteiger partial charge in [-0.15, -0.1) is 0 Å². The van der Waals surface area contributed by atoms with Crippen molar-refractivity contribution >= 4 is 0 Å². The Balaban J connectivity index is 4.06.